The van der Waals surface area contributed by atoms with E-state index in [0.717, 1.165) is 11.1 Å². The second-order valence-electron chi connectivity index (χ2n) is 3.11. The number of aryl methyl sites for hydroxylation is 1. The van der Waals surface area contributed by atoms with E-state index in [4.69, 9.17) is 5.73 Å². The third-order valence-electron chi connectivity index (χ3n) is 2.05. The van der Waals surface area contributed by atoms with Crippen LogP contribution in [0.5, 0.6) is 5.75 Å². The van der Waals surface area contributed by atoms with E-state index >= 15 is 0 Å². The Bertz CT molecular complexity index is 525. The van der Waals surface area contributed by atoms with Crippen LogP contribution in [0.2, 0.25) is 0 Å². The van der Waals surface area contributed by atoms with Gasteiger partial charge in [0.15, 0.2) is 5.75 Å². The summed E-state index contributed by atoms with van der Waals surface area (Å²) in [5.41, 5.74) is 7.87. The normalized spacial score (nSPS) is 10.2. The van der Waals surface area contributed by atoms with Crippen LogP contribution < -0.4 is 10.5 Å². The van der Waals surface area contributed by atoms with Gasteiger partial charge in [-0.1, -0.05) is 0 Å². The summed E-state index contributed by atoms with van der Waals surface area (Å²) in [6.45, 7) is 2.21. The minimum Gasteiger partial charge on any atom is -0.427 e. The number of hydrogen-bond acceptors (Lipinski definition) is 5. The molecule has 76 valence electrons. The van der Waals surface area contributed by atoms with Crippen LogP contribution in [-0.2, 0) is 4.79 Å². The number of nitrogens with two attached hydrogens (primary N) is 1. The predicted octanol–water partition coefficient (Wildman–Crippen LogP) is 1.06. The lowest BCUT2D eigenvalue weighted by molar-refractivity contribution is -0.120. The first-order valence-electron chi connectivity index (χ1n) is 4.34. The fourth-order valence-electron chi connectivity index (χ4n) is 1.26. The number of rotatable bonds is 2. The Labute approximate surface area is 85.9 Å². The number of nitrogen functional groups attached to an aromatic ring is 1. The minimum absolute atomic E-state index is 0.348. The molecule has 2 rings (SSSR count). The van der Waals surface area contributed by atoms with E-state index in [9.17, 15) is 4.79 Å². The largest absolute Gasteiger partial charge is 0.427 e. The summed E-state index contributed by atoms with van der Waals surface area (Å²) in [5, 5.41) is 0. The SMILES string of the molecule is Cc1cc2ncc(OC=O)cc2nc1N. The lowest BCUT2D eigenvalue weighted by Crippen LogP contribution is -1.96. The first kappa shape index (κ1) is 9.39. The molecule has 0 aliphatic carbocycles. The van der Waals surface area contributed by atoms with Crippen molar-refractivity contribution in [1.29, 1.82) is 0 Å². The Morgan fingerprint density at radius 2 is 2.20 bits per heavy atom. The first-order chi connectivity index (χ1) is 7.20. The minimum atomic E-state index is 0.348. The molecule has 2 N–H and O–H groups in total. The third-order valence-corrected chi connectivity index (χ3v) is 2.05. The van der Waals surface area contributed by atoms with Crippen molar-refractivity contribution in [2.75, 3.05) is 5.73 Å². The Hall–Kier alpha value is -2.17. The molecule has 15 heavy (non-hydrogen) atoms. The third kappa shape index (κ3) is 1.71. The van der Waals surface area contributed by atoms with Crippen LogP contribution in [0.3, 0.4) is 0 Å². The molecule has 0 spiro atoms. The fourth-order valence-corrected chi connectivity index (χ4v) is 1.26. The van der Waals surface area contributed by atoms with Crippen LogP contribution in [0.1, 0.15) is 5.56 Å². The molecule has 0 aromatic carbocycles. The van der Waals surface area contributed by atoms with Crippen molar-refractivity contribution in [3.05, 3.63) is 23.9 Å². The van der Waals surface area contributed by atoms with Gasteiger partial charge >= 0.3 is 0 Å². The summed E-state index contributed by atoms with van der Waals surface area (Å²) >= 11 is 0. The lowest BCUT2D eigenvalue weighted by atomic mass is 10.2. The lowest BCUT2D eigenvalue weighted by Gasteiger charge is -2.03. The topological polar surface area (TPSA) is 78.1 Å². The predicted molar refractivity (Wildman–Crippen MR) is 55.4 cm³/mol. The van der Waals surface area contributed by atoms with Gasteiger partial charge in [-0.15, -0.1) is 0 Å². The van der Waals surface area contributed by atoms with Gasteiger partial charge in [0, 0.05) is 6.07 Å². The molecule has 2 heterocycles. The number of carbonyl (C=O) groups is 1. The molecule has 5 nitrogen and oxygen atoms in total. The zero-order chi connectivity index (χ0) is 10.8. The Morgan fingerprint density at radius 3 is 2.93 bits per heavy atom. The van der Waals surface area contributed by atoms with Crippen LogP contribution in [0, 0.1) is 6.92 Å². The molecule has 0 aliphatic heterocycles. The van der Waals surface area contributed by atoms with Gasteiger partial charge in [-0.2, -0.15) is 0 Å². The van der Waals surface area contributed by atoms with E-state index in [1.807, 2.05) is 13.0 Å². The summed E-state index contributed by atoms with van der Waals surface area (Å²) in [6.07, 6.45) is 1.47. The van der Waals surface area contributed by atoms with Crippen LogP contribution in [-0.4, -0.2) is 16.4 Å². The van der Waals surface area contributed by atoms with Crippen molar-refractivity contribution in [2.45, 2.75) is 6.92 Å². The fraction of sp³-hybridized carbons (Fsp3) is 0.100. The van der Waals surface area contributed by atoms with E-state index in [1.165, 1.54) is 6.20 Å². The average molecular weight is 203 g/mol. The number of anilines is 1. The molecule has 0 aliphatic rings. The summed E-state index contributed by atoms with van der Waals surface area (Å²) in [5.74, 6) is 0.806. The zero-order valence-corrected chi connectivity index (χ0v) is 8.10. The Morgan fingerprint density at radius 1 is 1.40 bits per heavy atom. The van der Waals surface area contributed by atoms with Gasteiger partial charge in [-0.25, -0.2) is 4.98 Å². The molecular weight excluding hydrogens is 194 g/mol. The van der Waals surface area contributed by atoms with Crippen molar-refractivity contribution in [1.82, 2.24) is 9.97 Å². The number of carbonyl (C=O) groups excluding carboxylic acids is 1. The highest BCUT2D eigenvalue weighted by Crippen LogP contribution is 2.19. The second-order valence-corrected chi connectivity index (χ2v) is 3.11. The first-order valence-corrected chi connectivity index (χ1v) is 4.34. The van der Waals surface area contributed by atoms with Gasteiger partial charge < -0.3 is 10.5 Å². The molecule has 0 atom stereocenters. The van der Waals surface area contributed by atoms with E-state index in [1.54, 1.807) is 6.07 Å². The van der Waals surface area contributed by atoms with Crippen LogP contribution in [0.4, 0.5) is 5.82 Å². The summed E-state index contributed by atoms with van der Waals surface area (Å²) in [6, 6.07) is 3.45. The number of aromatic nitrogens is 2. The van der Waals surface area contributed by atoms with Gasteiger partial charge in [-0.05, 0) is 18.6 Å². The maximum Gasteiger partial charge on any atom is 0.298 e. The van der Waals surface area contributed by atoms with Gasteiger partial charge in [0.2, 0.25) is 0 Å². The van der Waals surface area contributed by atoms with Crippen molar-refractivity contribution in [3.63, 3.8) is 0 Å². The number of fused-ring (bicyclic) bond motifs is 1. The van der Waals surface area contributed by atoms with Crippen LogP contribution in [0.15, 0.2) is 18.3 Å². The van der Waals surface area contributed by atoms with E-state index in [-0.39, 0.29) is 0 Å². The van der Waals surface area contributed by atoms with Gasteiger partial charge in [-0.3, -0.25) is 9.78 Å². The summed E-state index contributed by atoms with van der Waals surface area (Å²) in [4.78, 5) is 18.4. The molecule has 0 bridgehead atoms. The Kier molecular flexibility index (Phi) is 2.21. The summed E-state index contributed by atoms with van der Waals surface area (Å²) < 4.78 is 4.66. The highest BCUT2D eigenvalue weighted by atomic mass is 16.5. The standard InChI is InChI=1S/C10H9N3O2/c1-6-2-8-9(13-10(6)11)3-7(4-12-8)15-5-14/h2-5H,1H3,(H2,11,13). The molecule has 0 amide bonds. The summed E-state index contributed by atoms with van der Waals surface area (Å²) in [7, 11) is 0. The highest BCUT2D eigenvalue weighted by molar-refractivity contribution is 5.78. The number of ether oxygens (including phenoxy) is 1. The van der Waals surface area contributed by atoms with Crippen molar-refractivity contribution >= 4 is 23.3 Å². The van der Waals surface area contributed by atoms with E-state index < -0.39 is 0 Å². The zero-order valence-electron chi connectivity index (χ0n) is 8.10. The highest BCUT2D eigenvalue weighted by Gasteiger charge is 2.03. The molecule has 0 fully saturated rings. The molecule has 5 heteroatoms. The monoisotopic (exact) mass is 203 g/mol. The second kappa shape index (κ2) is 3.53. The molecule has 2 aromatic rings. The van der Waals surface area contributed by atoms with E-state index in [0.29, 0.717) is 23.6 Å². The molecular formula is C10H9N3O2. The van der Waals surface area contributed by atoms with Crippen LogP contribution in [0.25, 0.3) is 11.0 Å². The molecule has 0 unspecified atom stereocenters. The van der Waals surface area contributed by atoms with Gasteiger partial charge in [0.25, 0.3) is 6.47 Å². The Balaban J connectivity index is 2.61. The molecule has 0 saturated carbocycles. The molecule has 0 saturated heterocycles. The molecule has 2 aromatic heterocycles. The number of hydrogen-bond donors (Lipinski definition) is 1. The quantitative estimate of drug-likeness (QED) is 0.738. The maximum atomic E-state index is 10.1. The molecule has 0 radical (unpaired) electrons. The van der Waals surface area contributed by atoms with Crippen molar-refractivity contribution in [2.24, 2.45) is 0 Å². The van der Waals surface area contributed by atoms with Crippen molar-refractivity contribution < 1.29 is 9.53 Å². The van der Waals surface area contributed by atoms with Crippen LogP contribution >= 0.6 is 0 Å². The van der Waals surface area contributed by atoms with Gasteiger partial charge in [0.1, 0.15) is 5.82 Å². The number of pyridine rings is 2. The average Bonchev–Trinajstić information content (AvgIpc) is 2.21. The number of nitrogens with zero attached hydrogens (tertiary/aromatic N) is 2. The maximum absolute atomic E-state index is 10.1. The van der Waals surface area contributed by atoms with E-state index in [2.05, 4.69) is 14.7 Å². The van der Waals surface area contributed by atoms with Crippen molar-refractivity contribution in [3.8, 4) is 5.75 Å². The van der Waals surface area contributed by atoms with Gasteiger partial charge in [0.05, 0.1) is 17.2 Å². The smallest absolute Gasteiger partial charge is 0.298 e.